The van der Waals surface area contributed by atoms with Gasteiger partial charge in [-0.25, -0.2) is 4.52 Å². The van der Waals surface area contributed by atoms with Gasteiger partial charge in [-0.15, -0.1) is 0 Å². The minimum atomic E-state index is -0.604. The summed E-state index contributed by atoms with van der Waals surface area (Å²) in [5.41, 5.74) is 8.73. The van der Waals surface area contributed by atoms with Gasteiger partial charge in [-0.1, -0.05) is 19.9 Å². The van der Waals surface area contributed by atoms with Crippen molar-refractivity contribution in [2.75, 3.05) is 32.1 Å². The van der Waals surface area contributed by atoms with Crippen LogP contribution in [0.3, 0.4) is 0 Å². The quantitative estimate of drug-likeness (QED) is 0.409. The molecule has 5 N–H and O–H groups in total. The summed E-state index contributed by atoms with van der Waals surface area (Å²) < 4.78 is 1.66. The molecule has 1 aliphatic heterocycles. The van der Waals surface area contributed by atoms with E-state index < -0.39 is 12.5 Å². The van der Waals surface area contributed by atoms with Gasteiger partial charge in [0.2, 0.25) is 5.91 Å². The number of aliphatic hydroxyl groups excluding tert-OH is 1. The second-order valence-corrected chi connectivity index (χ2v) is 9.31. The van der Waals surface area contributed by atoms with Gasteiger partial charge in [-0.2, -0.15) is 5.10 Å². The first-order valence-corrected chi connectivity index (χ1v) is 11.3. The smallest absolute Gasteiger partial charge is 0.269 e. The largest absolute Gasteiger partial charge is 0.387 e. The van der Waals surface area contributed by atoms with Crippen LogP contribution in [0.4, 0.5) is 5.69 Å². The van der Waals surface area contributed by atoms with Crippen LogP contribution < -0.4 is 16.4 Å². The Bertz CT molecular complexity index is 1280. The van der Waals surface area contributed by atoms with Gasteiger partial charge in [0.05, 0.1) is 23.0 Å². The van der Waals surface area contributed by atoms with Gasteiger partial charge in [0.15, 0.2) is 0 Å². The predicted molar refractivity (Wildman–Crippen MR) is 130 cm³/mol. The average Bonchev–Trinajstić information content (AvgIpc) is 3.28. The number of primary amides is 1. The maximum Gasteiger partial charge on any atom is 0.269 e. The number of likely N-dealkylation sites (tertiary alicyclic amines) is 1. The molecule has 0 bridgehead atoms. The fourth-order valence-electron chi connectivity index (χ4n) is 4.49. The molecular formula is C24H29N7O4. The molecule has 4 rings (SSSR count). The zero-order valence-electron chi connectivity index (χ0n) is 19.9. The molecule has 1 saturated heterocycles. The van der Waals surface area contributed by atoms with Crippen LogP contribution in [0.2, 0.25) is 0 Å². The molecule has 0 radical (unpaired) electrons. The number of hydrogen-bond acceptors (Lipinski definition) is 7. The van der Waals surface area contributed by atoms with Crippen molar-refractivity contribution in [2.45, 2.75) is 26.3 Å². The van der Waals surface area contributed by atoms with E-state index in [4.69, 9.17) is 5.73 Å². The molecule has 3 aromatic heterocycles. The third kappa shape index (κ3) is 4.67. The van der Waals surface area contributed by atoms with Crippen LogP contribution in [0.5, 0.6) is 0 Å². The molecule has 3 aromatic rings. The molecule has 0 aromatic carbocycles. The predicted octanol–water partition coefficient (Wildman–Crippen LogP) is 0.886. The highest BCUT2D eigenvalue weighted by atomic mass is 16.3. The van der Waals surface area contributed by atoms with Crippen LogP contribution >= 0.6 is 0 Å². The number of nitrogens with zero attached hydrogens (tertiary/aromatic N) is 4. The van der Waals surface area contributed by atoms with E-state index in [0.717, 1.165) is 11.1 Å². The molecule has 11 heteroatoms. The zero-order valence-corrected chi connectivity index (χ0v) is 19.9. The summed E-state index contributed by atoms with van der Waals surface area (Å²) >= 11 is 0. The Kier molecular flexibility index (Phi) is 6.44. The number of carbonyl (C=O) groups is 3. The fraction of sp³-hybridized carbons (Fsp3) is 0.375. The summed E-state index contributed by atoms with van der Waals surface area (Å²) in [4.78, 5) is 41.9. The van der Waals surface area contributed by atoms with Crippen LogP contribution in [0.25, 0.3) is 16.6 Å². The van der Waals surface area contributed by atoms with E-state index in [1.54, 1.807) is 34.8 Å². The minimum absolute atomic E-state index is 0.0681. The van der Waals surface area contributed by atoms with Crippen molar-refractivity contribution in [2.24, 2.45) is 11.1 Å². The zero-order chi connectivity index (χ0) is 25.3. The van der Waals surface area contributed by atoms with Gasteiger partial charge in [0.1, 0.15) is 12.3 Å². The van der Waals surface area contributed by atoms with E-state index in [2.05, 4.69) is 20.7 Å². The van der Waals surface area contributed by atoms with Gasteiger partial charge in [0.25, 0.3) is 11.8 Å². The number of amides is 3. The highest BCUT2D eigenvalue weighted by Crippen LogP contribution is 2.35. The molecule has 35 heavy (non-hydrogen) atoms. The Hall–Kier alpha value is -3.99. The molecule has 3 amide bonds. The number of fused-ring (bicyclic) bond motifs is 1. The van der Waals surface area contributed by atoms with Crippen molar-refractivity contribution in [3.63, 3.8) is 0 Å². The lowest BCUT2D eigenvalue weighted by Crippen LogP contribution is -2.54. The van der Waals surface area contributed by atoms with E-state index >= 15 is 0 Å². The van der Waals surface area contributed by atoms with Crippen molar-refractivity contribution in [1.82, 2.24) is 24.8 Å². The highest BCUT2D eigenvalue weighted by Gasteiger charge is 2.38. The van der Waals surface area contributed by atoms with Gasteiger partial charge >= 0.3 is 0 Å². The molecule has 11 nitrogen and oxygen atoms in total. The van der Waals surface area contributed by atoms with Crippen molar-refractivity contribution in [3.8, 4) is 11.1 Å². The summed E-state index contributed by atoms with van der Waals surface area (Å²) in [5.74, 6) is -1.17. The van der Waals surface area contributed by atoms with Crippen molar-refractivity contribution >= 4 is 28.9 Å². The topological polar surface area (TPSA) is 155 Å². The monoisotopic (exact) mass is 479 g/mol. The molecule has 0 aliphatic carbocycles. The molecule has 0 spiro atoms. The second kappa shape index (κ2) is 9.34. The average molecular weight is 480 g/mol. The normalized spacial score (nSPS) is 17.3. The van der Waals surface area contributed by atoms with Crippen LogP contribution in [0.1, 0.15) is 41.1 Å². The van der Waals surface area contributed by atoms with Crippen LogP contribution in [-0.2, 0) is 4.79 Å². The first-order chi connectivity index (χ1) is 16.6. The van der Waals surface area contributed by atoms with E-state index in [-0.39, 0.29) is 28.8 Å². The standard InChI is InChI=1S/C24H29N7O4/c1-24(2)13-30(20(33)12-32)7-6-19(24)29-21-16(22(25)34)10-28-31-11-15(8-18(21)31)14-4-5-17(27-9-14)23(35)26-3/h4-5,8-11,19,29,32H,6-7,12-13H2,1-3H3,(H2,25,34)(H,26,35). The number of pyridine rings is 1. The van der Waals surface area contributed by atoms with E-state index in [9.17, 15) is 19.5 Å². The number of nitrogens with one attached hydrogen (secondary N) is 2. The van der Waals surface area contributed by atoms with Crippen molar-refractivity contribution in [1.29, 1.82) is 0 Å². The van der Waals surface area contributed by atoms with Crippen molar-refractivity contribution < 1.29 is 19.5 Å². The molecule has 184 valence electrons. The SMILES string of the molecule is CNC(=O)c1ccc(-c2cc3c(NC4CCN(C(=O)CO)CC4(C)C)c(C(N)=O)cnn3c2)cn1. The van der Waals surface area contributed by atoms with Gasteiger partial charge < -0.3 is 26.4 Å². The number of aliphatic hydroxyl groups is 1. The minimum Gasteiger partial charge on any atom is -0.387 e. The molecule has 1 unspecified atom stereocenters. The number of anilines is 1. The number of nitrogens with two attached hydrogens (primary N) is 1. The van der Waals surface area contributed by atoms with Crippen LogP contribution in [0, 0.1) is 5.41 Å². The Morgan fingerprint density at radius 2 is 2.00 bits per heavy atom. The highest BCUT2D eigenvalue weighted by molar-refractivity contribution is 6.02. The molecular weight excluding hydrogens is 450 g/mol. The first kappa shape index (κ1) is 24.1. The lowest BCUT2D eigenvalue weighted by Gasteiger charge is -2.45. The molecule has 1 aliphatic rings. The summed E-state index contributed by atoms with van der Waals surface area (Å²) in [7, 11) is 1.55. The lowest BCUT2D eigenvalue weighted by molar-refractivity contribution is -0.137. The number of carbonyl (C=O) groups excluding carboxylic acids is 3. The number of rotatable bonds is 6. The van der Waals surface area contributed by atoms with E-state index in [0.29, 0.717) is 36.4 Å². The fourth-order valence-corrected chi connectivity index (χ4v) is 4.49. The first-order valence-electron chi connectivity index (χ1n) is 11.3. The van der Waals surface area contributed by atoms with Crippen molar-refractivity contribution in [3.05, 3.63) is 48.0 Å². The number of aromatic nitrogens is 3. The second-order valence-electron chi connectivity index (χ2n) is 9.31. The summed E-state index contributed by atoms with van der Waals surface area (Å²) in [5, 5.41) is 19.6. The molecule has 0 saturated carbocycles. The van der Waals surface area contributed by atoms with E-state index in [1.807, 2.05) is 26.1 Å². The van der Waals surface area contributed by atoms with Gasteiger partial charge in [-0.05, 0) is 18.6 Å². The maximum atomic E-state index is 12.3. The lowest BCUT2D eigenvalue weighted by atomic mass is 9.78. The molecule has 4 heterocycles. The number of piperidine rings is 1. The van der Waals surface area contributed by atoms with Gasteiger partial charge in [-0.3, -0.25) is 19.4 Å². The molecule has 1 atom stereocenters. The van der Waals surface area contributed by atoms with Crippen LogP contribution in [-0.4, -0.2) is 75.1 Å². The Morgan fingerprint density at radius 1 is 1.23 bits per heavy atom. The van der Waals surface area contributed by atoms with E-state index in [1.165, 1.54) is 6.20 Å². The Morgan fingerprint density at radius 3 is 2.60 bits per heavy atom. The van der Waals surface area contributed by atoms with Gasteiger partial charge in [0, 0.05) is 55.1 Å². The number of hydrogen-bond donors (Lipinski definition) is 4. The third-order valence-electron chi connectivity index (χ3n) is 6.50. The van der Waals surface area contributed by atoms with Crippen LogP contribution in [0.15, 0.2) is 36.8 Å². The summed E-state index contributed by atoms with van der Waals surface area (Å²) in [6.45, 7) is 4.51. The summed E-state index contributed by atoms with van der Waals surface area (Å²) in [6.07, 6.45) is 5.49. The molecule has 1 fully saturated rings. The Balaban J connectivity index is 1.70. The summed E-state index contributed by atoms with van der Waals surface area (Å²) in [6, 6.07) is 5.25. The third-order valence-corrected chi connectivity index (χ3v) is 6.50. The maximum absolute atomic E-state index is 12.3. The Labute approximate surface area is 202 Å².